The van der Waals surface area contributed by atoms with E-state index in [0.717, 1.165) is 16.8 Å². The number of ether oxygens (including phenoxy) is 1. The van der Waals surface area contributed by atoms with Crippen LogP contribution in [-0.2, 0) is 11.8 Å². The smallest absolute Gasteiger partial charge is 0.337 e. The second-order valence-corrected chi connectivity index (χ2v) is 5.14. The highest BCUT2D eigenvalue weighted by atomic mass is 16.5. The Balaban J connectivity index is 2.29. The molecular formula is C17H20N2O2. The lowest BCUT2D eigenvalue weighted by Crippen LogP contribution is -2.00. The van der Waals surface area contributed by atoms with E-state index in [1.807, 2.05) is 26.3 Å². The molecule has 0 saturated carbocycles. The van der Waals surface area contributed by atoms with Crippen molar-refractivity contribution in [2.75, 3.05) is 7.11 Å². The first-order valence-corrected chi connectivity index (χ1v) is 6.80. The summed E-state index contributed by atoms with van der Waals surface area (Å²) in [6.45, 7) is 6.07. The van der Waals surface area contributed by atoms with Crippen molar-refractivity contribution in [2.45, 2.75) is 20.8 Å². The van der Waals surface area contributed by atoms with E-state index in [-0.39, 0.29) is 5.97 Å². The molecule has 21 heavy (non-hydrogen) atoms. The molecule has 1 aromatic carbocycles. The summed E-state index contributed by atoms with van der Waals surface area (Å²) >= 11 is 0. The number of hydrogen-bond acceptors (Lipinski definition) is 3. The van der Waals surface area contributed by atoms with Crippen LogP contribution in [0, 0.1) is 20.8 Å². The molecule has 1 heterocycles. The number of aliphatic imine (C=N–C) groups is 1. The van der Waals surface area contributed by atoms with E-state index in [2.05, 4.69) is 29.5 Å². The topological polar surface area (TPSA) is 43.6 Å². The first-order chi connectivity index (χ1) is 9.93. The van der Waals surface area contributed by atoms with Crippen molar-refractivity contribution in [1.82, 2.24) is 4.57 Å². The molecule has 0 aliphatic carbocycles. The van der Waals surface area contributed by atoms with Crippen molar-refractivity contribution >= 4 is 17.9 Å². The molecule has 0 spiro atoms. The fourth-order valence-corrected chi connectivity index (χ4v) is 2.20. The van der Waals surface area contributed by atoms with Crippen LogP contribution in [0.3, 0.4) is 0 Å². The van der Waals surface area contributed by atoms with Crippen LogP contribution in [-0.4, -0.2) is 23.9 Å². The highest BCUT2D eigenvalue weighted by molar-refractivity contribution is 5.90. The molecule has 0 radical (unpaired) electrons. The maximum absolute atomic E-state index is 11.5. The third-order valence-corrected chi connectivity index (χ3v) is 3.77. The molecule has 0 bridgehead atoms. The molecule has 4 nitrogen and oxygen atoms in total. The SMILES string of the molecule is COC(=O)c1ccc(N=Cc2cc(C)n(C)c2C)c(C)c1. The van der Waals surface area contributed by atoms with E-state index in [1.165, 1.54) is 18.5 Å². The Hall–Kier alpha value is -2.36. The van der Waals surface area contributed by atoms with Crippen molar-refractivity contribution < 1.29 is 9.53 Å². The summed E-state index contributed by atoms with van der Waals surface area (Å²) < 4.78 is 6.85. The Kier molecular flexibility index (Phi) is 4.26. The van der Waals surface area contributed by atoms with Gasteiger partial charge in [0.25, 0.3) is 0 Å². The van der Waals surface area contributed by atoms with Crippen LogP contribution >= 0.6 is 0 Å². The fourth-order valence-electron chi connectivity index (χ4n) is 2.20. The minimum atomic E-state index is -0.330. The Bertz CT molecular complexity index is 712. The zero-order valence-corrected chi connectivity index (χ0v) is 13.1. The third-order valence-electron chi connectivity index (χ3n) is 3.77. The van der Waals surface area contributed by atoms with Gasteiger partial charge in [-0.05, 0) is 50.6 Å². The van der Waals surface area contributed by atoms with Gasteiger partial charge >= 0.3 is 5.97 Å². The summed E-state index contributed by atoms with van der Waals surface area (Å²) in [5.41, 5.74) is 5.82. The molecule has 4 heteroatoms. The number of rotatable bonds is 3. The van der Waals surface area contributed by atoms with E-state index in [4.69, 9.17) is 4.74 Å². The number of nitrogens with zero attached hydrogens (tertiary/aromatic N) is 2. The van der Waals surface area contributed by atoms with Gasteiger partial charge in [-0.25, -0.2) is 4.79 Å². The zero-order chi connectivity index (χ0) is 15.6. The quantitative estimate of drug-likeness (QED) is 0.639. The van der Waals surface area contributed by atoms with Crippen molar-refractivity contribution in [3.05, 3.63) is 52.3 Å². The maximum atomic E-state index is 11.5. The van der Waals surface area contributed by atoms with Gasteiger partial charge in [0.1, 0.15) is 0 Å². The van der Waals surface area contributed by atoms with Gasteiger partial charge in [0.2, 0.25) is 0 Å². The van der Waals surface area contributed by atoms with Gasteiger partial charge < -0.3 is 9.30 Å². The Labute approximate surface area is 125 Å². The molecule has 1 aromatic heterocycles. The van der Waals surface area contributed by atoms with Crippen LogP contribution in [0.25, 0.3) is 0 Å². The molecular weight excluding hydrogens is 264 g/mol. The van der Waals surface area contributed by atoms with Gasteiger partial charge in [-0.15, -0.1) is 0 Å². The number of carbonyl (C=O) groups is 1. The predicted molar refractivity (Wildman–Crippen MR) is 84.7 cm³/mol. The Morgan fingerprint density at radius 1 is 1.24 bits per heavy atom. The standard InChI is InChI=1S/C17H20N2O2/c1-11-8-14(17(20)21-5)6-7-16(11)18-10-15-9-12(2)19(4)13(15)3/h6-10H,1-5H3. The van der Waals surface area contributed by atoms with Crippen LogP contribution in [0.15, 0.2) is 29.3 Å². The van der Waals surface area contributed by atoms with Gasteiger partial charge in [0.05, 0.1) is 18.4 Å². The largest absolute Gasteiger partial charge is 0.465 e. The monoisotopic (exact) mass is 284 g/mol. The molecule has 0 amide bonds. The van der Waals surface area contributed by atoms with Crippen LogP contribution in [0.5, 0.6) is 0 Å². The molecule has 0 N–H and O–H groups in total. The van der Waals surface area contributed by atoms with Gasteiger partial charge in [-0.3, -0.25) is 4.99 Å². The van der Waals surface area contributed by atoms with E-state index < -0.39 is 0 Å². The molecule has 2 aromatic rings. The van der Waals surface area contributed by atoms with Crippen LogP contribution < -0.4 is 0 Å². The van der Waals surface area contributed by atoms with Crippen molar-refractivity contribution in [3.63, 3.8) is 0 Å². The molecule has 0 unspecified atom stereocenters. The van der Waals surface area contributed by atoms with Gasteiger partial charge in [0.15, 0.2) is 0 Å². The fraction of sp³-hybridized carbons (Fsp3) is 0.294. The first-order valence-electron chi connectivity index (χ1n) is 6.80. The van der Waals surface area contributed by atoms with Gasteiger partial charge in [-0.2, -0.15) is 0 Å². The van der Waals surface area contributed by atoms with Crippen molar-refractivity contribution in [3.8, 4) is 0 Å². The number of hydrogen-bond donors (Lipinski definition) is 0. The highest BCUT2D eigenvalue weighted by Gasteiger charge is 2.07. The van der Waals surface area contributed by atoms with E-state index in [1.54, 1.807) is 12.1 Å². The van der Waals surface area contributed by atoms with E-state index in [9.17, 15) is 4.79 Å². The molecule has 110 valence electrons. The second kappa shape index (κ2) is 5.95. The Morgan fingerprint density at radius 3 is 2.48 bits per heavy atom. The first kappa shape index (κ1) is 15.0. The lowest BCUT2D eigenvalue weighted by molar-refractivity contribution is 0.0600. The van der Waals surface area contributed by atoms with Gasteiger partial charge in [-0.1, -0.05) is 0 Å². The average Bonchev–Trinajstić information content (AvgIpc) is 2.72. The average molecular weight is 284 g/mol. The molecule has 0 aliphatic rings. The summed E-state index contributed by atoms with van der Waals surface area (Å²) in [6.07, 6.45) is 1.86. The molecule has 0 atom stereocenters. The Morgan fingerprint density at radius 2 is 1.95 bits per heavy atom. The van der Waals surface area contributed by atoms with E-state index in [0.29, 0.717) is 5.56 Å². The maximum Gasteiger partial charge on any atom is 0.337 e. The van der Waals surface area contributed by atoms with Gasteiger partial charge in [0, 0.05) is 30.2 Å². The normalized spacial score (nSPS) is 11.1. The number of esters is 1. The lowest BCUT2D eigenvalue weighted by Gasteiger charge is -2.03. The summed E-state index contributed by atoms with van der Waals surface area (Å²) in [5, 5.41) is 0. The number of aryl methyl sites for hydroxylation is 2. The molecule has 2 rings (SSSR count). The summed E-state index contributed by atoms with van der Waals surface area (Å²) in [5.74, 6) is -0.330. The number of benzene rings is 1. The highest BCUT2D eigenvalue weighted by Crippen LogP contribution is 2.21. The lowest BCUT2D eigenvalue weighted by atomic mass is 10.1. The predicted octanol–water partition coefficient (Wildman–Crippen LogP) is 3.49. The minimum absolute atomic E-state index is 0.330. The van der Waals surface area contributed by atoms with Crippen LogP contribution in [0.2, 0.25) is 0 Å². The molecule has 0 fully saturated rings. The summed E-state index contributed by atoms with van der Waals surface area (Å²) in [6, 6.07) is 7.47. The second-order valence-electron chi connectivity index (χ2n) is 5.14. The molecule has 0 saturated heterocycles. The summed E-state index contributed by atoms with van der Waals surface area (Å²) in [4.78, 5) is 16.0. The number of methoxy groups -OCH3 is 1. The van der Waals surface area contributed by atoms with E-state index >= 15 is 0 Å². The zero-order valence-electron chi connectivity index (χ0n) is 13.1. The summed E-state index contributed by atoms with van der Waals surface area (Å²) in [7, 11) is 3.42. The number of aromatic nitrogens is 1. The molecule has 0 aliphatic heterocycles. The number of carbonyl (C=O) groups excluding carboxylic acids is 1. The van der Waals surface area contributed by atoms with Crippen molar-refractivity contribution in [2.24, 2.45) is 12.0 Å². The van der Waals surface area contributed by atoms with Crippen LogP contribution in [0.1, 0.15) is 32.9 Å². The minimum Gasteiger partial charge on any atom is -0.465 e. The third kappa shape index (κ3) is 3.05. The van der Waals surface area contributed by atoms with Crippen molar-refractivity contribution in [1.29, 1.82) is 0 Å². The van der Waals surface area contributed by atoms with Crippen LogP contribution in [0.4, 0.5) is 5.69 Å².